The molecule has 0 radical (unpaired) electrons. The zero-order valence-corrected chi connectivity index (χ0v) is 17.0. The highest BCUT2D eigenvalue weighted by atomic mass is 19.1. The van der Waals surface area contributed by atoms with Gasteiger partial charge >= 0.3 is 0 Å². The van der Waals surface area contributed by atoms with Gasteiger partial charge in [-0.05, 0) is 37.2 Å². The van der Waals surface area contributed by atoms with Crippen LogP contribution in [0.25, 0.3) is 0 Å². The molecule has 0 aliphatic carbocycles. The predicted octanol–water partition coefficient (Wildman–Crippen LogP) is 3.06. The highest BCUT2D eigenvalue weighted by Crippen LogP contribution is 2.34. The molecule has 0 aromatic heterocycles. The van der Waals surface area contributed by atoms with Gasteiger partial charge in [0.25, 0.3) is 5.91 Å². The van der Waals surface area contributed by atoms with Gasteiger partial charge in [-0.25, -0.2) is 9.40 Å². The fourth-order valence-electron chi connectivity index (χ4n) is 4.06. The molecular weight excluding hydrogens is 367 g/mol. The highest BCUT2D eigenvalue weighted by molar-refractivity contribution is 6.03. The van der Waals surface area contributed by atoms with E-state index in [-0.39, 0.29) is 17.8 Å². The summed E-state index contributed by atoms with van der Waals surface area (Å²) >= 11 is 0. The number of carbonyl (C=O) groups excluding carboxylic acids is 1. The fraction of sp³-hybridized carbons (Fsp3) is 0.391. The van der Waals surface area contributed by atoms with Crippen LogP contribution in [0.4, 0.5) is 4.39 Å². The van der Waals surface area contributed by atoms with Crippen LogP contribution >= 0.6 is 0 Å². The lowest BCUT2D eigenvalue weighted by Crippen LogP contribution is -2.48. The highest BCUT2D eigenvalue weighted by Gasteiger charge is 2.34. The van der Waals surface area contributed by atoms with Crippen LogP contribution in [-0.4, -0.2) is 66.2 Å². The first-order valence-electron chi connectivity index (χ1n) is 10.1. The number of carbonyl (C=O) groups is 1. The first kappa shape index (κ1) is 19.7. The summed E-state index contributed by atoms with van der Waals surface area (Å²) in [6.07, 6.45) is 0.586. The minimum atomic E-state index is -0.292. The Morgan fingerprint density at radius 1 is 1.10 bits per heavy atom. The summed E-state index contributed by atoms with van der Waals surface area (Å²) in [5.41, 5.74) is 3.71. The van der Waals surface area contributed by atoms with Gasteiger partial charge in [-0.3, -0.25) is 9.69 Å². The van der Waals surface area contributed by atoms with Crippen molar-refractivity contribution in [3.05, 3.63) is 71.0 Å². The number of aryl methyl sites for hydroxylation is 1. The van der Waals surface area contributed by atoms with Crippen molar-refractivity contribution in [1.82, 2.24) is 14.8 Å². The Morgan fingerprint density at radius 2 is 1.86 bits per heavy atom. The fourth-order valence-corrected chi connectivity index (χ4v) is 4.06. The number of hydrazone groups is 1. The molecule has 1 unspecified atom stereocenters. The lowest BCUT2D eigenvalue weighted by Gasteiger charge is -2.33. The van der Waals surface area contributed by atoms with Crippen LogP contribution in [0.5, 0.6) is 0 Å². The lowest BCUT2D eigenvalue weighted by atomic mass is 9.95. The molecule has 6 heteroatoms. The van der Waals surface area contributed by atoms with Gasteiger partial charge in [0.2, 0.25) is 0 Å². The number of amides is 1. The summed E-state index contributed by atoms with van der Waals surface area (Å²) in [7, 11) is 2.10. The Labute approximate surface area is 171 Å². The van der Waals surface area contributed by atoms with Crippen molar-refractivity contribution in [3.8, 4) is 0 Å². The molecule has 2 aliphatic rings. The molecule has 0 bridgehead atoms. The Kier molecular flexibility index (Phi) is 5.74. The first-order valence-corrected chi connectivity index (χ1v) is 10.1. The Morgan fingerprint density at radius 3 is 2.59 bits per heavy atom. The third-order valence-corrected chi connectivity index (χ3v) is 5.83. The molecule has 0 N–H and O–H groups in total. The summed E-state index contributed by atoms with van der Waals surface area (Å²) in [4.78, 5) is 17.7. The van der Waals surface area contributed by atoms with Crippen LogP contribution in [0, 0.1) is 12.7 Å². The molecule has 0 saturated carbocycles. The van der Waals surface area contributed by atoms with Crippen molar-refractivity contribution in [1.29, 1.82) is 0 Å². The summed E-state index contributed by atoms with van der Waals surface area (Å²) in [6, 6.07) is 14.4. The van der Waals surface area contributed by atoms with Crippen LogP contribution in [0.15, 0.2) is 53.6 Å². The van der Waals surface area contributed by atoms with E-state index in [1.54, 1.807) is 11.1 Å². The van der Waals surface area contributed by atoms with Crippen molar-refractivity contribution >= 4 is 11.6 Å². The van der Waals surface area contributed by atoms with Crippen LogP contribution in [0.1, 0.15) is 29.2 Å². The molecule has 1 fully saturated rings. The van der Waals surface area contributed by atoms with Gasteiger partial charge in [0.05, 0.1) is 18.3 Å². The molecule has 2 heterocycles. The van der Waals surface area contributed by atoms with Gasteiger partial charge in [-0.1, -0.05) is 36.4 Å². The standard InChI is InChI=1S/C23H27FN4O/c1-17-6-3-4-9-20(17)22-15-21(18-7-5-8-19(24)14-18)25-28(22)23(29)16-27-12-10-26(2)11-13-27/h3-9,14,22H,10-13,15-16H2,1-2H3. The number of piperazine rings is 1. The Balaban J connectivity index is 1.60. The number of halogens is 1. The van der Waals surface area contributed by atoms with E-state index in [0.29, 0.717) is 13.0 Å². The molecule has 2 aromatic rings. The number of hydrogen-bond donors (Lipinski definition) is 0. The minimum absolute atomic E-state index is 0.00536. The molecule has 4 rings (SSSR count). The van der Waals surface area contributed by atoms with Crippen LogP contribution in [-0.2, 0) is 4.79 Å². The maximum atomic E-state index is 13.8. The van der Waals surface area contributed by atoms with Crippen molar-refractivity contribution < 1.29 is 9.18 Å². The van der Waals surface area contributed by atoms with E-state index in [0.717, 1.165) is 48.6 Å². The zero-order valence-electron chi connectivity index (χ0n) is 17.0. The summed E-state index contributed by atoms with van der Waals surface area (Å²) < 4.78 is 13.8. The van der Waals surface area contributed by atoms with Crippen LogP contribution < -0.4 is 0 Å². The van der Waals surface area contributed by atoms with Crippen LogP contribution in [0.3, 0.4) is 0 Å². The van der Waals surface area contributed by atoms with E-state index in [4.69, 9.17) is 0 Å². The van der Waals surface area contributed by atoms with E-state index >= 15 is 0 Å². The predicted molar refractivity (Wildman–Crippen MR) is 112 cm³/mol. The zero-order chi connectivity index (χ0) is 20.4. The quantitative estimate of drug-likeness (QED) is 0.800. The topological polar surface area (TPSA) is 39.2 Å². The summed E-state index contributed by atoms with van der Waals surface area (Å²) in [5.74, 6) is -0.297. The monoisotopic (exact) mass is 394 g/mol. The van der Waals surface area contributed by atoms with Gasteiger partial charge in [0, 0.05) is 38.2 Å². The molecule has 1 atom stereocenters. The van der Waals surface area contributed by atoms with Gasteiger partial charge < -0.3 is 4.90 Å². The van der Waals surface area contributed by atoms with Crippen molar-refractivity contribution in [3.63, 3.8) is 0 Å². The van der Waals surface area contributed by atoms with Crippen LogP contribution in [0.2, 0.25) is 0 Å². The second kappa shape index (κ2) is 8.43. The molecule has 29 heavy (non-hydrogen) atoms. The average molecular weight is 394 g/mol. The third-order valence-electron chi connectivity index (χ3n) is 5.83. The molecule has 1 amide bonds. The Bertz CT molecular complexity index is 921. The molecule has 5 nitrogen and oxygen atoms in total. The van der Waals surface area contributed by atoms with E-state index in [2.05, 4.69) is 41.0 Å². The van der Waals surface area contributed by atoms with Crippen molar-refractivity contribution in [2.24, 2.45) is 5.10 Å². The third kappa shape index (κ3) is 4.38. The average Bonchev–Trinajstić information content (AvgIpc) is 3.15. The smallest absolute Gasteiger partial charge is 0.257 e. The maximum absolute atomic E-state index is 13.8. The molecular formula is C23H27FN4O. The molecule has 1 saturated heterocycles. The van der Waals surface area contributed by atoms with Gasteiger partial charge in [-0.2, -0.15) is 5.10 Å². The maximum Gasteiger partial charge on any atom is 0.257 e. The van der Waals surface area contributed by atoms with Gasteiger partial charge in [-0.15, -0.1) is 0 Å². The largest absolute Gasteiger partial charge is 0.304 e. The van der Waals surface area contributed by atoms with E-state index in [1.807, 2.05) is 18.2 Å². The number of rotatable bonds is 4. The van der Waals surface area contributed by atoms with Crippen molar-refractivity contribution in [2.75, 3.05) is 39.8 Å². The van der Waals surface area contributed by atoms with E-state index in [9.17, 15) is 9.18 Å². The van der Waals surface area contributed by atoms with E-state index < -0.39 is 0 Å². The SMILES string of the molecule is Cc1ccccc1C1CC(c2cccc(F)c2)=NN1C(=O)CN1CCN(C)CC1. The second-order valence-corrected chi connectivity index (χ2v) is 7.95. The Hall–Kier alpha value is -2.57. The first-order chi connectivity index (χ1) is 14.0. The molecule has 0 spiro atoms. The van der Waals surface area contributed by atoms with E-state index in [1.165, 1.54) is 12.1 Å². The molecule has 2 aromatic carbocycles. The summed E-state index contributed by atoms with van der Waals surface area (Å²) in [5, 5.41) is 6.30. The molecule has 152 valence electrons. The number of hydrogen-bond acceptors (Lipinski definition) is 4. The minimum Gasteiger partial charge on any atom is -0.304 e. The normalized spacial score (nSPS) is 20.7. The second-order valence-electron chi connectivity index (χ2n) is 7.95. The molecule has 2 aliphatic heterocycles. The summed E-state index contributed by atoms with van der Waals surface area (Å²) in [6.45, 7) is 6.10. The van der Waals surface area contributed by atoms with Crippen molar-refractivity contribution in [2.45, 2.75) is 19.4 Å². The number of likely N-dealkylation sites (N-methyl/N-ethyl adjacent to an activating group) is 1. The number of nitrogens with zero attached hydrogens (tertiary/aromatic N) is 4. The number of benzene rings is 2. The van der Waals surface area contributed by atoms with Gasteiger partial charge in [0.15, 0.2) is 0 Å². The lowest BCUT2D eigenvalue weighted by molar-refractivity contribution is -0.134. The van der Waals surface area contributed by atoms with Gasteiger partial charge in [0.1, 0.15) is 5.82 Å².